The van der Waals surface area contributed by atoms with E-state index in [0.717, 1.165) is 29.8 Å². The van der Waals surface area contributed by atoms with Crippen molar-refractivity contribution in [3.05, 3.63) is 36.7 Å². The lowest BCUT2D eigenvalue weighted by Gasteiger charge is -2.16. The molecule has 158 valence electrons. The molecule has 1 aliphatic rings. The van der Waals surface area contributed by atoms with Gasteiger partial charge in [-0.25, -0.2) is 18.1 Å². The minimum absolute atomic E-state index is 0.0524. The number of aryl methyl sites for hydroxylation is 1. The van der Waals surface area contributed by atoms with E-state index in [9.17, 15) is 8.42 Å². The van der Waals surface area contributed by atoms with Crippen LogP contribution in [0.5, 0.6) is 0 Å². The summed E-state index contributed by atoms with van der Waals surface area (Å²) in [7, 11) is -3.44. The molecule has 11 nitrogen and oxygen atoms in total. The molecule has 0 unspecified atom stereocenters. The highest BCUT2D eigenvalue weighted by Gasteiger charge is 2.38. The van der Waals surface area contributed by atoms with E-state index in [0.29, 0.717) is 18.0 Å². The van der Waals surface area contributed by atoms with Gasteiger partial charge in [-0.2, -0.15) is 15.0 Å². The minimum Gasteiger partial charge on any atom is -0.345 e. The van der Waals surface area contributed by atoms with E-state index in [1.165, 1.54) is 17.2 Å². The number of hydrogen-bond donors (Lipinski definition) is 2. The summed E-state index contributed by atoms with van der Waals surface area (Å²) in [6.07, 6.45) is 9.02. The first-order chi connectivity index (χ1) is 14.5. The second-order valence-corrected chi connectivity index (χ2v) is 9.60. The third kappa shape index (κ3) is 3.45. The molecule has 1 saturated carbocycles. The summed E-state index contributed by atoms with van der Waals surface area (Å²) in [4.78, 5) is 8.87. The van der Waals surface area contributed by atoms with Gasteiger partial charge in [0.05, 0.1) is 36.4 Å². The van der Waals surface area contributed by atoms with Crippen molar-refractivity contribution in [2.75, 3.05) is 5.75 Å². The molecule has 2 N–H and O–H groups in total. The molecule has 0 amide bonds. The molecule has 4 aromatic rings. The smallest absolute Gasteiger partial charge is 0.213 e. The molecule has 0 aliphatic heterocycles. The Balaban J connectivity index is 1.37. The molecule has 0 spiro atoms. The van der Waals surface area contributed by atoms with Crippen molar-refractivity contribution in [1.29, 1.82) is 0 Å². The van der Waals surface area contributed by atoms with E-state index in [4.69, 9.17) is 0 Å². The Kier molecular flexibility index (Phi) is 4.74. The molecule has 12 heteroatoms. The van der Waals surface area contributed by atoms with E-state index in [1.54, 1.807) is 6.20 Å². The van der Waals surface area contributed by atoms with Crippen molar-refractivity contribution in [3.8, 4) is 0 Å². The lowest BCUT2D eigenvalue weighted by molar-refractivity contribution is 0.449. The van der Waals surface area contributed by atoms with Crippen LogP contribution in [-0.4, -0.2) is 59.8 Å². The summed E-state index contributed by atoms with van der Waals surface area (Å²) in [6.45, 7) is 2.36. The fraction of sp³-hybridized carbons (Fsp3) is 0.500. The van der Waals surface area contributed by atoms with Gasteiger partial charge in [0.1, 0.15) is 5.82 Å². The van der Waals surface area contributed by atoms with Crippen LogP contribution >= 0.6 is 0 Å². The number of sulfonamides is 1. The van der Waals surface area contributed by atoms with E-state index < -0.39 is 10.0 Å². The van der Waals surface area contributed by atoms with Crippen LogP contribution in [0.3, 0.4) is 0 Å². The van der Waals surface area contributed by atoms with Crippen molar-refractivity contribution in [1.82, 2.24) is 44.3 Å². The van der Waals surface area contributed by atoms with Crippen LogP contribution in [0, 0.1) is 5.92 Å². The van der Waals surface area contributed by atoms with Gasteiger partial charge in [-0.15, -0.1) is 10.2 Å². The van der Waals surface area contributed by atoms with Gasteiger partial charge in [-0.3, -0.25) is 4.40 Å². The van der Waals surface area contributed by atoms with Crippen LogP contribution in [0.15, 0.2) is 30.9 Å². The molecule has 1 fully saturated rings. The fourth-order valence-electron chi connectivity index (χ4n) is 4.50. The summed E-state index contributed by atoms with van der Waals surface area (Å²) in [5.74, 6) is 1.25. The van der Waals surface area contributed by atoms with Gasteiger partial charge in [0.25, 0.3) is 0 Å². The first-order valence-electron chi connectivity index (χ1n) is 10.1. The van der Waals surface area contributed by atoms with Gasteiger partial charge < -0.3 is 4.98 Å². The summed E-state index contributed by atoms with van der Waals surface area (Å²) >= 11 is 0. The highest BCUT2D eigenvalue weighted by atomic mass is 32.2. The van der Waals surface area contributed by atoms with Crippen LogP contribution in [0.4, 0.5) is 0 Å². The third-order valence-electron chi connectivity index (χ3n) is 5.89. The lowest BCUT2D eigenvalue weighted by Crippen LogP contribution is -2.36. The first-order valence-corrected chi connectivity index (χ1v) is 11.7. The maximum atomic E-state index is 12.6. The molecule has 0 radical (unpaired) electrons. The molecule has 4 aromatic heterocycles. The maximum Gasteiger partial charge on any atom is 0.213 e. The molecule has 5 rings (SSSR count). The molecular weight excluding hydrogens is 406 g/mol. The molecular formula is C18H23N9O2S. The zero-order valence-corrected chi connectivity index (χ0v) is 17.3. The van der Waals surface area contributed by atoms with Crippen LogP contribution < -0.4 is 4.72 Å². The molecule has 0 bridgehead atoms. The second kappa shape index (κ2) is 7.43. The molecule has 4 heterocycles. The number of hydrogen-bond acceptors (Lipinski definition) is 7. The summed E-state index contributed by atoms with van der Waals surface area (Å²) < 4.78 is 30.1. The zero-order chi connectivity index (χ0) is 20.7. The predicted octanol–water partition coefficient (Wildman–Crippen LogP) is 1.09. The lowest BCUT2D eigenvalue weighted by atomic mass is 9.93. The van der Waals surface area contributed by atoms with Gasteiger partial charge >= 0.3 is 0 Å². The molecule has 0 aromatic carbocycles. The van der Waals surface area contributed by atoms with Crippen molar-refractivity contribution in [2.45, 2.75) is 44.7 Å². The Labute approximate surface area is 173 Å². The summed E-state index contributed by atoms with van der Waals surface area (Å²) in [5, 5.41) is 16.7. The van der Waals surface area contributed by atoms with E-state index >= 15 is 0 Å². The molecule has 0 saturated heterocycles. The predicted molar refractivity (Wildman–Crippen MR) is 109 cm³/mol. The Hall–Kier alpha value is -2.86. The molecule has 3 atom stereocenters. The normalized spacial score (nSPS) is 22.4. The highest BCUT2D eigenvalue weighted by Crippen LogP contribution is 2.41. The number of H-pyrrole nitrogens is 1. The van der Waals surface area contributed by atoms with Crippen molar-refractivity contribution in [2.24, 2.45) is 5.92 Å². The quantitative estimate of drug-likeness (QED) is 0.449. The maximum absolute atomic E-state index is 12.6. The topological polar surface area (TPSA) is 136 Å². The van der Waals surface area contributed by atoms with Gasteiger partial charge in [0.2, 0.25) is 10.0 Å². The Bertz CT molecular complexity index is 1260. The van der Waals surface area contributed by atoms with Crippen molar-refractivity contribution < 1.29 is 8.42 Å². The van der Waals surface area contributed by atoms with E-state index in [1.807, 2.05) is 16.7 Å². The van der Waals surface area contributed by atoms with Gasteiger partial charge in [-0.1, -0.05) is 13.3 Å². The average molecular weight is 430 g/mol. The average Bonchev–Trinajstić information content (AvgIpc) is 3.50. The zero-order valence-electron chi connectivity index (χ0n) is 16.5. The van der Waals surface area contributed by atoms with E-state index in [2.05, 4.69) is 42.0 Å². The monoisotopic (exact) mass is 429 g/mol. The van der Waals surface area contributed by atoms with Gasteiger partial charge in [0, 0.05) is 18.2 Å². The van der Waals surface area contributed by atoms with Crippen molar-refractivity contribution in [3.63, 3.8) is 0 Å². The van der Waals surface area contributed by atoms with E-state index in [-0.39, 0.29) is 24.3 Å². The Morgan fingerprint density at radius 3 is 2.87 bits per heavy atom. The summed E-state index contributed by atoms with van der Waals surface area (Å²) in [6, 6.07) is 1.83. The van der Waals surface area contributed by atoms with Gasteiger partial charge in [-0.05, 0) is 24.8 Å². The number of fused-ring (bicyclic) bond motifs is 3. The second-order valence-electron chi connectivity index (χ2n) is 7.73. The standard InChI is InChI=1S/C18H23N9O2S/c1-2-12-9-13(25-30(28,29)8-7-26-21-5-6-22-26)10-14(12)18-24-23-16-11-20-17-15(27(16)18)3-4-19-17/h3-6,11-14,19,25H,2,7-10H2,1H3/t12-,13+,14+/m1/s1. The Morgan fingerprint density at radius 2 is 2.07 bits per heavy atom. The number of rotatable bonds is 7. The highest BCUT2D eigenvalue weighted by molar-refractivity contribution is 7.89. The number of aromatic nitrogens is 8. The minimum atomic E-state index is -3.44. The van der Waals surface area contributed by atoms with Crippen LogP contribution in [0.1, 0.15) is 37.9 Å². The van der Waals surface area contributed by atoms with Gasteiger partial charge in [0.15, 0.2) is 11.3 Å². The van der Waals surface area contributed by atoms with Crippen LogP contribution in [-0.2, 0) is 16.6 Å². The van der Waals surface area contributed by atoms with Crippen molar-refractivity contribution >= 4 is 26.8 Å². The molecule has 30 heavy (non-hydrogen) atoms. The van der Waals surface area contributed by atoms with Crippen LogP contribution in [0.25, 0.3) is 16.8 Å². The largest absolute Gasteiger partial charge is 0.345 e. The molecule has 1 aliphatic carbocycles. The SMILES string of the molecule is CC[C@@H]1C[C@H](NS(=O)(=O)CCn2nccn2)C[C@@H]1c1nnc2cnc3[nH]ccc3n12. The number of aromatic amines is 1. The number of nitrogens with zero attached hydrogens (tertiary/aromatic N) is 7. The fourth-order valence-corrected chi connectivity index (χ4v) is 5.72. The first kappa shape index (κ1) is 19.1. The summed E-state index contributed by atoms with van der Waals surface area (Å²) in [5.41, 5.74) is 2.40. The van der Waals surface area contributed by atoms with Crippen LogP contribution in [0.2, 0.25) is 0 Å². The third-order valence-corrected chi connectivity index (χ3v) is 7.30. The number of nitrogens with one attached hydrogen (secondary N) is 2. The Morgan fingerprint density at radius 1 is 1.23 bits per heavy atom.